The van der Waals surface area contributed by atoms with Crippen LogP contribution < -0.4 is 5.32 Å². The summed E-state index contributed by atoms with van der Waals surface area (Å²) in [6.45, 7) is 3.24. The second kappa shape index (κ2) is 12.2. The van der Waals surface area contributed by atoms with Crippen molar-refractivity contribution in [1.29, 1.82) is 0 Å². The van der Waals surface area contributed by atoms with Gasteiger partial charge in [0.1, 0.15) is 5.41 Å². The highest BCUT2D eigenvalue weighted by atomic mass is 16.5. The first-order chi connectivity index (χ1) is 17.9. The van der Waals surface area contributed by atoms with E-state index in [0.29, 0.717) is 37.7 Å². The van der Waals surface area contributed by atoms with Crippen molar-refractivity contribution in [3.8, 4) is 0 Å². The molecular weight excluding hydrogens is 472 g/mol. The van der Waals surface area contributed by atoms with E-state index in [1.165, 1.54) is 20.0 Å². The van der Waals surface area contributed by atoms with Crippen molar-refractivity contribution in [2.45, 2.75) is 70.6 Å². The smallest absolute Gasteiger partial charge is 0.320 e. The third-order valence-electron chi connectivity index (χ3n) is 8.19. The number of esters is 1. The van der Waals surface area contributed by atoms with Gasteiger partial charge in [0.2, 0.25) is 11.8 Å². The van der Waals surface area contributed by atoms with Crippen molar-refractivity contribution in [3.05, 3.63) is 47.7 Å². The fourth-order valence-corrected chi connectivity index (χ4v) is 6.22. The molecule has 2 aliphatic heterocycles. The summed E-state index contributed by atoms with van der Waals surface area (Å²) in [6, 6.07) is 9.74. The van der Waals surface area contributed by atoms with Crippen molar-refractivity contribution in [1.82, 2.24) is 10.2 Å². The van der Waals surface area contributed by atoms with Crippen molar-refractivity contribution in [2.24, 2.45) is 17.3 Å². The van der Waals surface area contributed by atoms with Crippen molar-refractivity contribution in [3.63, 3.8) is 0 Å². The lowest BCUT2D eigenvalue weighted by Gasteiger charge is -2.52. The molecule has 8 heteroatoms. The molecule has 1 N–H and O–H groups in total. The molecule has 0 spiro atoms. The van der Waals surface area contributed by atoms with Gasteiger partial charge in [0.25, 0.3) is 0 Å². The molecule has 8 nitrogen and oxygen atoms in total. The van der Waals surface area contributed by atoms with Gasteiger partial charge in [-0.1, -0.05) is 43.2 Å². The van der Waals surface area contributed by atoms with Gasteiger partial charge < -0.3 is 24.4 Å². The van der Waals surface area contributed by atoms with Crippen LogP contribution in [0.15, 0.2) is 42.1 Å². The van der Waals surface area contributed by atoms with Gasteiger partial charge in [-0.2, -0.15) is 0 Å². The van der Waals surface area contributed by atoms with Crippen molar-refractivity contribution < 1.29 is 28.6 Å². The van der Waals surface area contributed by atoms with Gasteiger partial charge in [0.05, 0.1) is 25.9 Å². The van der Waals surface area contributed by atoms with Crippen LogP contribution in [0.25, 0.3) is 0 Å². The Labute approximate surface area is 219 Å². The highest BCUT2D eigenvalue weighted by Gasteiger charge is 2.60. The Kier molecular flexibility index (Phi) is 9.03. The zero-order valence-electron chi connectivity index (χ0n) is 22.2. The third kappa shape index (κ3) is 5.75. The number of hydrogen-bond acceptors (Lipinski definition) is 6. The Morgan fingerprint density at radius 3 is 2.57 bits per heavy atom. The number of carbonyl (C=O) groups is 3. The maximum Gasteiger partial charge on any atom is 0.320 e. The lowest BCUT2D eigenvalue weighted by atomic mass is 9.66. The fourth-order valence-electron chi connectivity index (χ4n) is 6.22. The van der Waals surface area contributed by atoms with E-state index in [9.17, 15) is 14.4 Å². The standard InChI is InChI=1S/C29H40N2O6/c1-20-29(28(34)36-3)18-23(16-26(32)30-14-9-15-35-2)27(33)31(19-21-10-5-4-6-11-21)25(29)17-24(37-20)22-12-7-8-13-22/h4-6,10-11,17,20,22-24H,7-9,12-16,18-19H2,1-3H3,(H,30,32)/t20-,23+,24-,29+/m1/s1. The molecule has 1 aliphatic carbocycles. The second-order valence-electron chi connectivity index (χ2n) is 10.5. The van der Waals surface area contributed by atoms with Gasteiger partial charge in [0, 0.05) is 38.3 Å². The first-order valence-corrected chi connectivity index (χ1v) is 13.5. The molecule has 1 saturated heterocycles. The molecular formula is C29H40N2O6. The molecule has 1 aromatic carbocycles. The highest BCUT2D eigenvalue weighted by Crippen LogP contribution is 2.52. The molecule has 0 unspecified atom stereocenters. The molecule has 3 aliphatic rings. The van der Waals surface area contributed by atoms with Crippen LogP contribution in [0, 0.1) is 17.3 Å². The number of piperidine rings is 1. The summed E-state index contributed by atoms with van der Waals surface area (Å²) in [5, 5.41) is 2.88. The number of methoxy groups -OCH3 is 2. The van der Waals surface area contributed by atoms with E-state index >= 15 is 0 Å². The van der Waals surface area contributed by atoms with Gasteiger partial charge in [0.15, 0.2) is 0 Å². The molecule has 0 radical (unpaired) electrons. The number of nitrogens with zero attached hydrogens (tertiary/aromatic N) is 1. The highest BCUT2D eigenvalue weighted by molar-refractivity contribution is 5.92. The van der Waals surface area contributed by atoms with E-state index in [2.05, 4.69) is 5.32 Å². The summed E-state index contributed by atoms with van der Waals surface area (Å²) in [4.78, 5) is 42.1. The lowest BCUT2D eigenvalue weighted by molar-refractivity contribution is -0.178. The molecule has 1 aromatic rings. The number of amides is 2. The van der Waals surface area contributed by atoms with Crippen LogP contribution >= 0.6 is 0 Å². The topological polar surface area (TPSA) is 94.2 Å². The van der Waals surface area contributed by atoms with Crippen LogP contribution in [-0.4, -0.2) is 62.3 Å². The fraction of sp³-hybridized carbons (Fsp3) is 0.621. The summed E-state index contributed by atoms with van der Waals surface area (Å²) in [5.74, 6) is -1.07. The first kappa shape index (κ1) is 27.3. The minimum atomic E-state index is -1.16. The molecule has 2 heterocycles. The molecule has 37 heavy (non-hydrogen) atoms. The van der Waals surface area contributed by atoms with Crippen LogP contribution in [0.5, 0.6) is 0 Å². The average Bonchev–Trinajstić information content (AvgIpc) is 3.45. The summed E-state index contributed by atoms with van der Waals surface area (Å²) in [7, 11) is 2.99. The van der Waals surface area contributed by atoms with Gasteiger partial charge in [-0.05, 0) is 50.2 Å². The van der Waals surface area contributed by atoms with E-state index < -0.39 is 23.4 Å². The van der Waals surface area contributed by atoms with Crippen LogP contribution in [0.4, 0.5) is 0 Å². The van der Waals surface area contributed by atoms with Gasteiger partial charge in [-0.3, -0.25) is 14.4 Å². The molecule has 1 saturated carbocycles. The molecule has 0 aromatic heterocycles. The summed E-state index contributed by atoms with van der Waals surface area (Å²) in [5.41, 5.74) is 0.463. The molecule has 202 valence electrons. The number of nitrogens with one attached hydrogen (secondary N) is 1. The maximum atomic E-state index is 14.0. The summed E-state index contributed by atoms with van der Waals surface area (Å²) < 4.78 is 16.9. The molecule has 0 bridgehead atoms. The van der Waals surface area contributed by atoms with Crippen molar-refractivity contribution in [2.75, 3.05) is 27.4 Å². The van der Waals surface area contributed by atoms with Gasteiger partial charge in [-0.25, -0.2) is 0 Å². The second-order valence-corrected chi connectivity index (χ2v) is 10.5. The third-order valence-corrected chi connectivity index (χ3v) is 8.19. The largest absolute Gasteiger partial charge is 0.468 e. The molecule has 2 fully saturated rings. The Hall–Kier alpha value is -2.71. The summed E-state index contributed by atoms with van der Waals surface area (Å²) in [6.07, 6.45) is 6.71. The predicted molar refractivity (Wildman–Crippen MR) is 138 cm³/mol. The Morgan fingerprint density at radius 1 is 1.16 bits per heavy atom. The van der Waals surface area contributed by atoms with Gasteiger partial charge in [-0.15, -0.1) is 0 Å². The summed E-state index contributed by atoms with van der Waals surface area (Å²) >= 11 is 0. The van der Waals surface area contributed by atoms with Crippen LogP contribution in [-0.2, 0) is 35.1 Å². The van der Waals surface area contributed by atoms with E-state index in [4.69, 9.17) is 14.2 Å². The number of fused-ring (bicyclic) bond motifs is 1. The molecule has 4 atom stereocenters. The van der Waals surface area contributed by atoms with Crippen LogP contribution in [0.3, 0.4) is 0 Å². The molecule has 4 rings (SSSR count). The van der Waals surface area contributed by atoms with Crippen LogP contribution in [0.2, 0.25) is 0 Å². The number of ether oxygens (including phenoxy) is 3. The predicted octanol–water partition coefficient (Wildman–Crippen LogP) is 3.60. The lowest BCUT2D eigenvalue weighted by Crippen LogP contribution is -2.60. The van der Waals surface area contributed by atoms with E-state index in [0.717, 1.165) is 18.4 Å². The van der Waals surface area contributed by atoms with E-state index in [-0.39, 0.29) is 30.8 Å². The number of rotatable bonds is 10. The Morgan fingerprint density at radius 2 is 1.89 bits per heavy atom. The zero-order valence-corrected chi connectivity index (χ0v) is 22.2. The van der Waals surface area contributed by atoms with Crippen molar-refractivity contribution >= 4 is 17.8 Å². The normalized spacial score (nSPS) is 28.0. The SMILES string of the molecule is COCCCNC(=O)C[C@H]1C[C@@]2(C(=O)OC)C(=C[C@H](C3CCCC3)O[C@@H]2C)N(Cc2ccccc2)C1=O. The Balaban J connectivity index is 1.70. The zero-order chi connectivity index (χ0) is 26.4. The monoisotopic (exact) mass is 512 g/mol. The Bertz CT molecular complexity index is 989. The number of hydrogen-bond donors (Lipinski definition) is 1. The average molecular weight is 513 g/mol. The van der Waals surface area contributed by atoms with E-state index in [1.807, 2.05) is 43.3 Å². The maximum absolute atomic E-state index is 14.0. The van der Waals surface area contributed by atoms with Gasteiger partial charge >= 0.3 is 5.97 Å². The number of benzene rings is 1. The quantitative estimate of drug-likeness (QED) is 0.380. The number of carbonyl (C=O) groups excluding carboxylic acids is 3. The van der Waals surface area contributed by atoms with E-state index in [1.54, 1.807) is 12.0 Å². The molecule has 2 amide bonds. The first-order valence-electron chi connectivity index (χ1n) is 13.5. The van der Waals surface area contributed by atoms with Crippen LogP contribution in [0.1, 0.15) is 57.4 Å². The minimum Gasteiger partial charge on any atom is -0.468 e. The minimum absolute atomic E-state index is 0.00189. The number of likely N-dealkylation sites (tertiary alicyclic amines) is 1.